The van der Waals surface area contributed by atoms with Crippen LogP contribution in [0.15, 0.2) is 30.9 Å². The molecular formula is C22H29N6O6P. The lowest BCUT2D eigenvalue weighted by Crippen LogP contribution is -2.35. The SMILES string of the molecule is COC(=O)[C@@H](C)NP(=O)(CCc1ccc2c(c1)OCO2)CO[C@H](C)Cn1cnc2c(N)ncnc21. The normalized spacial score (nSPS) is 16.1. The molecule has 0 saturated heterocycles. The van der Waals surface area contributed by atoms with Gasteiger partial charge in [-0.1, -0.05) is 6.07 Å². The minimum absolute atomic E-state index is 0.0657. The van der Waals surface area contributed by atoms with E-state index < -0.39 is 19.3 Å². The van der Waals surface area contributed by atoms with Crippen LogP contribution in [-0.4, -0.2) is 64.0 Å². The van der Waals surface area contributed by atoms with E-state index in [0.717, 1.165) is 5.56 Å². The molecule has 188 valence electrons. The van der Waals surface area contributed by atoms with E-state index in [4.69, 9.17) is 24.7 Å². The Morgan fingerprint density at radius 1 is 1.26 bits per heavy atom. The van der Waals surface area contributed by atoms with E-state index in [1.54, 1.807) is 17.8 Å². The smallest absolute Gasteiger partial charge is 0.322 e. The van der Waals surface area contributed by atoms with E-state index in [2.05, 4.69) is 20.0 Å². The van der Waals surface area contributed by atoms with Gasteiger partial charge in [0.05, 0.1) is 26.1 Å². The van der Waals surface area contributed by atoms with Gasteiger partial charge in [-0.25, -0.2) is 15.0 Å². The number of fused-ring (bicyclic) bond motifs is 2. The van der Waals surface area contributed by atoms with Gasteiger partial charge in [-0.3, -0.25) is 9.88 Å². The van der Waals surface area contributed by atoms with E-state index in [0.29, 0.717) is 41.4 Å². The second-order valence-corrected chi connectivity index (χ2v) is 11.1. The van der Waals surface area contributed by atoms with Gasteiger partial charge in [0.25, 0.3) is 0 Å². The lowest BCUT2D eigenvalue weighted by atomic mass is 10.1. The van der Waals surface area contributed by atoms with Crippen molar-refractivity contribution >= 4 is 30.2 Å². The Morgan fingerprint density at radius 2 is 2.06 bits per heavy atom. The van der Waals surface area contributed by atoms with Gasteiger partial charge in [-0.15, -0.1) is 0 Å². The fraction of sp³-hybridized carbons (Fsp3) is 0.455. The van der Waals surface area contributed by atoms with Crippen molar-refractivity contribution in [2.45, 2.75) is 39.0 Å². The van der Waals surface area contributed by atoms with Gasteiger partial charge < -0.3 is 33.8 Å². The number of carbonyl (C=O) groups excluding carboxylic acids is 1. The first-order valence-corrected chi connectivity index (χ1v) is 13.2. The largest absolute Gasteiger partial charge is 0.468 e. The number of nitrogens with one attached hydrogen (secondary N) is 1. The number of nitrogen functional groups attached to an aromatic ring is 1. The van der Waals surface area contributed by atoms with Crippen LogP contribution < -0.4 is 20.3 Å². The van der Waals surface area contributed by atoms with E-state index in [1.807, 2.05) is 25.1 Å². The molecule has 0 fully saturated rings. The zero-order chi connectivity index (χ0) is 25.0. The van der Waals surface area contributed by atoms with Crippen molar-refractivity contribution in [2.24, 2.45) is 0 Å². The summed E-state index contributed by atoms with van der Waals surface area (Å²) >= 11 is 0. The fourth-order valence-electron chi connectivity index (χ4n) is 3.76. The monoisotopic (exact) mass is 504 g/mol. The summed E-state index contributed by atoms with van der Waals surface area (Å²) in [5, 5.41) is 2.96. The predicted octanol–water partition coefficient (Wildman–Crippen LogP) is 2.17. The molecular weight excluding hydrogens is 475 g/mol. The van der Waals surface area contributed by atoms with Crippen LogP contribution in [0.3, 0.4) is 0 Å². The van der Waals surface area contributed by atoms with Crippen LogP contribution in [0.1, 0.15) is 19.4 Å². The molecule has 3 atom stereocenters. The fourth-order valence-corrected chi connectivity index (χ4v) is 6.02. The third-order valence-corrected chi connectivity index (χ3v) is 8.00. The van der Waals surface area contributed by atoms with Crippen LogP contribution in [0, 0.1) is 0 Å². The van der Waals surface area contributed by atoms with Crippen LogP contribution in [0.4, 0.5) is 5.82 Å². The molecule has 35 heavy (non-hydrogen) atoms. The molecule has 0 aliphatic carbocycles. The highest BCUT2D eigenvalue weighted by Crippen LogP contribution is 2.43. The lowest BCUT2D eigenvalue weighted by molar-refractivity contribution is -0.142. The minimum atomic E-state index is -3.14. The van der Waals surface area contributed by atoms with Crippen molar-refractivity contribution in [3.63, 3.8) is 0 Å². The molecule has 13 heteroatoms. The predicted molar refractivity (Wildman–Crippen MR) is 129 cm³/mol. The van der Waals surface area contributed by atoms with Gasteiger partial charge in [0.1, 0.15) is 24.2 Å². The van der Waals surface area contributed by atoms with Gasteiger partial charge >= 0.3 is 5.97 Å². The molecule has 0 spiro atoms. The van der Waals surface area contributed by atoms with Gasteiger partial charge in [0.15, 0.2) is 30.3 Å². The third-order valence-electron chi connectivity index (χ3n) is 5.63. The maximum absolute atomic E-state index is 13.9. The first kappa shape index (κ1) is 24.9. The molecule has 2 aromatic heterocycles. The molecule has 0 radical (unpaired) electrons. The van der Waals surface area contributed by atoms with Crippen LogP contribution in [0.5, 0.6) is 11.5 Å². The van der Waals surface area contributed by atoms with Crippen molar-refractivity contribution in [1.29, 1.82) is 0 Å². The van der Waals surface area contributed by atoms with Gasteiger partial charge in [-0.2, -0.15) is 0 Å². The Bertz CT molecular complexity index is 1250. The number of esters is 1. The second kappa shape index (κ2) is 10.6. The van der Waals surface area contributed by atoms with Crippen LogP contribution in [0.2, 0.25) is 0 Å². The molecule has 0 amide bonds. The van der Waals surface area contributed by atoms with Gasteiger partial charge in [-0.05, 0) is 38.0 Å². The zero-order valence-electron chi connectivity index (χ0n) is 19.8. The van der Waals surface area contributed by atoms with Crippen LogP contribution in [-0.2, 0) is 31.8 Å². The van der Waals surface area contributed by atoms with Gasteiger partial charge in [0, 0.05) is 6.16 Å². The summed E-state index contributed by atoms with van der Waals surface area (Å²) in [5.41, 5.74) is 7.91. The highest BCUT2D eigenvalue weighted by atomic mass is 31.2. The Kier molecular flexibility index (Phi) is 7.54. The van der Waals surface area contributed by atoms with Crippen LogP contribution in [0.25, 0.3) is 11.2 Å². The van der Waals surface area contributed by atoms with Crippen molar-refractivity contribution in [2.75, 3.05) is 32.1 Å². The molecule has 1 aliphatic rings. The highest BCUT2D eigenvalue weighted by molar-refractivity contribution is 7.61. The van der Waals surface area contributed by atoms with Crippen LogP contribution >= 0.6 is 7.29 Å². The summed E-state index contributed by atoms with van der Waals surface area (Å²) in [6.07, 6.45) is 3.38. The Hall–Kier alpha value is -3.21. The quantitative estimate of drug-likeness (QED) is 0.292. The summed E-state index contributed by atoms with van der Waals surface area (Å²) in [6, 6.07) is 4.86. The summed E-state index contributed by atoms with van der Waals surface area (Å²) in [7, 11) is -1.85. The second-order valence-electron chi connectivity index (χ2n) is 8.36. The molecule has 3 heterocycles. The van der Waals surface area contributed by atoms with Crippen molar-refractivity contribution in [3.8, 4) is 11.5 Å². The number of methoxy groups -OCH3 is 1. The summed E-state index contributed by atoms with van der Waals surface area (Å²) in [6.45, 7) is 4.08. The number of ether oxygens (including phenoxy) is 4. The maximum atomic E-state index is 13.9. The number of anilines is 1. The zero-order valence-corrected chi connectivity index (χ0v) is 20.7. The number of hydrogen-bond donors (Lipinski definition) is 2. The van der Waals surface area contributed by atoms with E-state index >= 15 is 0 Å². The number of imidazole rings is 1. The molecule has 4 rings (SSSR count). The number of nitrogens with two attached hydrogens (primary N) is 1. The number of aryl methyl sites for hydroxylation is 1. The van der Waals surface area contributed by atoms with Crippen molar-refractivity contribution in [1.82, 2.24) is 24.6 Å². The minimum Gasteiger partial charge on any atom is -0.468 e. The topological polar surface area (TPSA) is 153 Å². The summed E-state index contributed by atoms with van der Waals surface area (Å²) in [5.74, 6) is 1.15. The summed E-state index contributed by atoms with van der Waals surface area (Å²) < 4.78 is 37.2. The first-order chi connectivity index (χ1) is 16.8. The molecule has 12 nitrogen and oxygen atoms in total. The molecule has 3 aromatic rings. The maximum Gasteiger partial charge on any atom is 0.322 e. The number of benzene rings is 1. The highest BCUT2D eigenvalue weighted by Gasteiger charge is 2.29. The standard InChI is InChI=1S/C22H29N6O6P/c1-14(9-28-11-26-19-20(23)24-10-25-21(19)28)34-13-35(30,27-15(2)22(29)31-3)7-6-16-4-5-17-18(8-16)33-12-32-17/h4-5,8,10-11,14-15H,6-7,9,12-13H2,1-3H3,(H,27,30)(H2,23,24,25)/t14-,15-,35?/m1/s1. The molecule has 1 unspecified atom stereocenters. The third kappa shape index (κ3) is 5.90. The molecule has 0 saturated carbocycles. The average molecular weight is 504 g/mol. The molecule has 3 N–H and O–H groups in total. The Labute approximate surface area is 202 Å². The molecule has 1 aromatic carbocycles. The number of carbonyl (C=O) groups is 1. The molecule has 1 aliphatic heterocycles. The number of aromatic nitrogens is 4. The Morgan fingerprint density at radius 3 is 2.86 bits per heavy atom. The van der Waals surface area contributed by atoms with E-state index in [1.165, 1.54) is 13.4 Å². The summed E-state index contributed by atoms with van der Waals surface area (Å²) in [4.78, 5) is 24.4. The van der Waals surface area contributed by atoms with Gasteiger partial charge in [0.2, 0.25) is 6.79 Å². The van der Waals surface area contributed by atoms with Crippen molar-refractivity contribution in [3.05, 3.63) is 36.4 Å². The van der Waals surface area contributed by atoms with Crippen molar-refractivity contribution < 1.29 is 28.3 Å². The molecule has 0 bridgehead atoms. The first-order valence-electron chi connectivity index (χ1n) is 11.1. The number of hydrogen-bond acceptors (Lipinski definition) is 10. The van der Waals surface area contributed by atoms with E-state index in [-0.39, 0.29) is 25.4 Å². The number of nitrogens with zero attached hydrogens (tertiary/aromatic N) is 4. The number of rotatable bonds is 11. The average Bonchev–Trinajstić information content (AvgIpc) is 3.48. The lowest BCUT2D eigenvalue weighted by Gasteiger charge is -2.25. The Balaban J connectivity index is 1.42. The van der Waals surface area contributed by atoms with E-state index in [9.17, 15) is 9.36 Å².